The number of amides is 1. The minimum absolute atomic E-state index is 0.0591. The maximum absolute atomic E-state index is 13.1. The number of anilines is 1. The molecule has 0 N–H and O–H groups in total. The molecule has 1 heterocycles. The van der Waals surface area contributed by atoms with E-state index < -0.39 is 4.92 Å². The third kappa shape index (κ3) is 4.66. The Morgan fingerprint density at radius 3 is 2.44 bits per heavy atom. The summed E-state index contributed by atoms with van der Waals surface area (Å²) in [5.41, 5.74) is 2.12. The number of benzene rings is 2. The first-order chi connectivity index (χ1) is 13.0. The van der Waals surface area contributed by atoms with Gasteiger partial charge in [-0.3, -0.25) is 14.9 Å². The second-order valence-corrected chi connectivity index (χ2v) is 7.71. The Balaban J connectivity index is 1.89. The molecule has 1 aliphatic heterocycles. The zero-order valence-electron chi connectivity index (χ0n) is 15.2. The highest BCUT2D eigenvalue weighted by molar-refractivity contribution is 9.10. The normalized spacial score (nSPS) is 14.1. The van der Waals surface area contributed by atoms with Crippen molar-refractivity contribution in [3.63, 3.8) is 0 Å². The Kier molecular flexibility index (Phi) is 6.11. The molecular formula is C20H22BrN3O3. The molecule has 0 bridgehead atoms. The van der Waals surface area contributed by atoms with Crippen LogP contribution < -0.4 is 4.90 Å². The van der Waals surface area contributed by atoms with Gasteiger partial charge in [-0.1, -0.05) is 28.1 Å². The number of non-ortho nitro benzene ring substituents is 1. The first-order valence-corrected chi connectivity index (χ1v) is 9.78. The number of hydrogen-bond acceptors (Lipinski definition) is 4. The van der Waals surface area contributed by atoms with E-state index in [1.54, 1.807) is 18.0 Å². The zero-order chi connectivity index (χ0) is 19.4. The average molecular weight is 432 g/mol. The molecule has 0 aliphatic carbocycles. The summed E-state index contributed by atoms with van der Waals surface area (Å²) >= 11 is 3.40. The fourth-order valence-corrected chi connectivity index (χ4v) is 3.62. The van der Waals surface area contributed by atoms with Crippen molar-refractivity contribution in [1.82, 2.24) is 4.90 Å². The lowest BCUT2D eigenvalue weighted by Crippen LogP contribution is -2.33. The highest BCUT2D eigenvalue weighted by Crippen LogP contribution is 2.29. The molecule has 1 aliphatic rings. The van der Waals surface area contributed by atoms with Crippen LogP contribution in [-0.2, 0) is 6.54 Å². The SMILES string of the molecule is CN(Cc1ccc(Br)cc1)C(=O)c1cc([N+](=O)[O-])ccc1N1CCCCC1. The molecule has 1 saturated heterocycles. The largest absolute Gasteiger partial charge is 0.371 e. The molecule has 1 fully saturated rings. The van der Waals surface area contributed by atoms with Gasteiger partial charge >= 0.3 is 0 Å². The summed E-state index contributed by atoms with van der Waals surface area (Å²) in [6.45, 7) is 2.18. The van der Waals surface area contributed by atoms with Gasteiger partial charge in [0, 0.05) is 43.3 Å². The van der Waals surface area contributed by atoms with Crippen LogP contribution in [0.25, 0.3) is 0 Å². The predicted molar refractivity (Wildman–Crippen MR) is 109 cm³/mol. The van der Waals surface area contributed by atoms with Crippen LogP contribution in [-0.4, -0.2) is 35.9 Å². The Hall–Kier alpha value is -2.41. The van der Waals surface area contributed by atoms with Crippen LogP contribution in [0.1, 0.15) is 35.2 Å². The van der Waals surface area contributed by atoms with Gasteiger partial charge in [0.1, 0.15) is 0 Å². The fraction of sp³-hybridized carbons (Fsp3) is 0.350. The molecule has 0 atom stereocenters. The average Bonchev–Trinajstić information content (AvgIpc) is 2.69. The highest BCUT2D eigenvalue weighted by atomic mass is 79.9. The maximum atomic E-state index is 13.1. The van der Waals surface area contributed by atoms with Gasteiger partial charge in [-0.15, -0.1) is 0 Å². The van der Waals surface area contributed by atoms with E-state index in [1.807, 2.05) is 24.3 Å². The van der Waals surface area contributed by atoms with Crippen molar-refractivity contribution in [2.75, 3.05) is 25.0 Å². The molecular weight excluding hydrogens is 410 g/mol. The van der Waals surface area contributed by atoms with Gasteiger partial charge in [-0.05, 0) is 43.0 Å². The summed E-state index contributed by atoms with van der Waals surface area (Å²) in [6, 6.07) is 12.4. The number of hydrogen-bond donors (Lipinski definition) is 0. The van der Waals surface area contributed by atoms with Crippen LogP contribution in [0.2, 0.25) is 0 Å². The first kappa shape index (κ1) is 19.4. The standard InChI is InChI=1S/C20H22BrN3O3/c1-22(14-15-5-7-16(21)8-6-15)20(25)18-13-17(24(26)27)9-10-19(18)23-11-3-2-4-12-23/h5-10,13H,2-4,11-12,14H2,1H3. The molecule has 1 amide bonds. The Labute approximate surface area is 167 Å². The Morgan fingerprint density at radius 1 is 1.15 bits per heavy atom. The quantitative estimate of drug-likeness (QED) is 0.511. The molecule has 142 valence electrons. The minimum atomic E-state index is -0.453. The van der Waals surface area contributed by atoms with Crippen LogP contribution in [0.15, 0.2) is 46.9 Å². The molecule has 0 saturated carbocycles. The summed E-state index contributed by atoms with van der Waals surface area (Å²) in [5.74, 6) is -0.206. The van der Waals surface area contributed by atoms with Crippen molar-refractivity contribution in [3.8, 4) is 0 Å². The van der Waals surface area contributed by atoms with Crippen molar-refractivity contribution in [3.05, 3.63) is 68.2 Å². The number of halogens is 1. The summed E-state index contributed by atoms with van der Waals surface area (Å²) in [4.78, 5) is 27.7. The monoisotopic (exact) mass is 431 g/mol. The number of rotatable bonds is 5. The lowest BCUT2D eigenvalue weighted by molar-refractivity contribution is -0.384. The number of piperidine rings is 1. The Morgan fingerprint density at radius 2 is 1.81 bits per heavy atom. The van der Waals surface area contributed by atoms with Crippen molar-refractivity contribution in [2.24, 2.45) is 0 Å². The topological polar surface area (TPSA) is 66.7 Å². The van der Waals surface area contributed by atoms with Gasteiger partial charge in [0.25, 0.3) is 11.6 Å². The van der Waals surface area contributed by atoms with Gasteiger partial charge in [-0.2, -0.15) is 0 Å². The molecule has 7 heteroatoms. The summed E-state index contributed by atoms with van der Waals surface area (Å²) in [6.07, 6.45) is 3.31. The first-order valence-electron chi connectivity index (χ1n) is 8.99. The number of carbonyl (C=O) groups excluding carboxylic acids is 1. The molecule has 6 nitrogen and oxygen atoms in total. The van der Waals surface area contributed by atoms with Crippen LogP contribution in [0.4, 0.5) is 11.4 Å². The van der Waals surface area contributed by atoms with Crippen molar-refractivity contribution < 1.29 is 9.72 Å². The molecule has 2 aromatic carbocycles. The van der Waals surface area contributed by atoms with E-state index in [2.05, 4.69) is 20.8 Å². The van der Waals surface area contributed by atoms with Gasteiger partial charge in [0.05, 0.1) is 16.2 Å². The molecule has 2 aromatic rings. The van der Waals surface area contributed by atoms with Gasteiger partial charge in [0.2, 0.25) is 0 Å². The van der Waals surface area contributed by atoms with E-state index >= 15 is 0 Å². The van der Waals surface area contributed by atoms with Crippen molar-refractivity contribution in [2.45, 2.75) is 25.8 Å². The van der Waals surface area contributed by atoms with Gasteiger partial charge in [0.15, 0.2) is 0 Å². The fourth-order valence-electron chi connectivity index (χ4n) is 3.36. The van der Waals surface area contributed by atoms with E-state index in [-0.39, 0.29) is 11.6 Å². The molecule has 3 rings (SSSR count). The molecule has 0 spiro atoms. The van der Waals surface area contributed by atoms with E-state index in [0.29, 0.717) is 12.1 Å². The van der Waals surface area contributed by atoms with Gasteiger partial charge in [-0.25, -0.2) is 0 Å². The second kappa shape index (κ2) is 8.52. The number of nitrogens with zero attached hydrogens (tertiary/aromatic N) is 3. The number of nitro groups is 1. The van der Waals surface area contributed by atoms with Crippen LogP contribution >= 0.6 is 15.9 Å². The van der Waals surface area contributed by atoms with Crippen LogP contribution in [0.3, 0.4) is 0 Å². The molecule has 27 heavy (non-hydrogen) atoms. The summed E-state index contributed by atoms with van der Waals surface area (Å²) in [7, 11) is 1.73. The third-order valence-corrected chi connectivity index (χ3v) is 5.33. The zero-order valence-corrected chi connectivity index (χ0v) is 16.8. The van der Waals surface area contributed by atoms with Gasteiger partial charge < -0.3 is 9.80 Å². The Bertz CT molecular complexity index is 833. The third-order valence-electron chi connectivity index (χ3n) is 4.80. The summed E-state index contributed by atoms with van der Waals surface area (Å²) < 4.78 is 0.978. The highest BCUT2D eigenvalue weighted by Gasteiger charge is 2.24. The molecule has 0 unspecified atom stereocenters. The van der Waals surface area contributed by atoms with Crippen LogP contribution in [0, 0.1) is 10.1 Å². The molecule has 0 aromatic heterocycles. The van der Waals surface area contributed by atoms with E-state index in [9.17, 15) is 14.9 Å². The molecule has 0 radical (unpaired) electrons. The van der Waals surface area contributed by atoms with Crippen molar-refractivity contribution >= 4 is 33.2 Å². The summed E-state index contributed by atoms with van der Waals surface area (Å²) in [5, 5.41) is 11.2. The minimum Gasteiger partial charge on any atom is -0.371 e. The van der Waals surface area contributed by atoms with E-state index in [1.165, 1.54) is 18.6 Å². The maximum Gasteiger partial charge on any atom is 0.270 e. The second-order valence-electron chi connectivity index (χ2n) is 6.79. The van der Waals surface area contributed by atoms with E-state index in [0.717, 1.165) is 41.7 Å². The number of nitro benzene ring substituents is 1. The lowest BCUT2D eigenvalue weighted by Gasteiger charge is -2.31. The smallest absolute Gasteiger partial charge is 0.270 e. The number of carbonyl (C=O) groups is 1. The van der Waals surface area contributed by atoms with Crippen molar-refractivity contribution in [1.29, 1.82) is 0 Å². The van der Waals surface area contributed by atoms with Crippen LogP contribution in [0.5, 0.6) is 0 Å². The lowest BCUT2D eigenvalue weighted by atomic mass is 10.1. The van der Waals surface area contributed by atoms with E-state index in [4.69, 9.17) is 0 Å². The predicted octanol–water partition coefficient (Wildman–Crippen LogP) is 4.62.